The quantitative estimate of drug-likeness (QED) is 0.582. The van der Waals surface area contributed by atoms with E-state index in [-0.39, 0.29) is 18.5 Å². The van der Waals surface area contributed by atoms with E-state index < -0.39 is 6.29 Å². The fourth-order valence-corrected chi connectivity index (χ4v) is 1.68. The molecule has 2 unspecified atom stereocenters. The van der Waals surface area contributed by atoms with Gasteiger partial charge in [-0.05, 0) is 12.8 Å². The van der Waals surface area contributed by atoms with Crippen LogP contribution in [-0.2, 0) is 28.5 Å². The molecule has 0 radical (unpaired) electrons. The number of hydrogen-bond donors (Lipinski definition) is 0. The van der Waals surface area contributed by atoms with Crippen molar-refractivity contribution >= 4 is 5.97 Å². The van der Waals surface area contributed by atoms with Crippen molar-refractivity contribution in [2.75, 3.05) is 46.2 Å². The fraction of sp³-hybridized carbons (Fsp3) is 0.812. The van der Waals surface area contributed by atoms with E-state index in [1.807, 2.05) is 12.2 Å². The second kappa shape index (κ2) is 11.6. The first-order chi connectivity index (χ1) is 10.6. The van der Waals surface area contributed by atoms with E-state index in [9.17, 15) is 4.79 Å². The van der Waals surface area contributed by atoms with E-state index in [1.54, 1.807) is 6.92 Å². The zero-order chi connectivity index (χ0) is 16.2. The molecule has 1 rings (SSSR count). The number of esters is 1. The van der Waals surface area contributed by atoms with E-state index in [0.29, 0.717) is 45.6 Å². The van der Waals surface area contributed by atoms with Crippen molar-refractivity contribution in [1.29, 1.82) is 0 Å². The highest BCUT2D eigenvalue weighted by atomic mass is 16.7. The van der Waals surface area contributed by atoms with Gasteiger partial charge in [-0.2, -0.15) is 0 Å². The lowest BCUT2D eigenvalue weighted by Gasteiger charge is -2.20. The van der Waals surface area contributed by atoms with Gasteiger partial charge < -0.3 is 23.7 Å². The lowest BCUT2D eigenvalue weighted by atomic mass is 10.1. The summed E-state index contributed by atoms with van der Waals surface area (Å²) in [4.78, 5) is 12.0. The summed E-state index contributed by atoms with van der Waals surface area (Å²) in [7, 11) is 0. The Morgan fingerprint density at radius 1 is 0.955 bits per heavy atom. The highest BCUT2D eigenvalue weighted by molar-refractivity contribution is 5.74. The molecule has 0 aliphatic carbocycles. The van der Waals surface area contributed by atoms with E-state index in [4.69, 9.17) is 23.7 Å². The van der Waals surface area contributed by atoms with Gasteiger partial charge in [-0.15, -0.1) is 0 Å². The van der Waals surface area contributed by atoms with Gasteiger partial charge >= 0.3 is 5.97 Å². The third kappa shape index (κ3) is 9.15. The molecule has 1 saturated heterocycles. The number of ether oxygens (including phenoxy) is 5. The molecule has 0 aromatic rings. The Hall–Kier alpha value is -0.950. The molecule has 6 nitrogen and oxygen atoms in total. The van der Waals surface area contributed by atoms with Gasteiger partial charge in [-0.25, -0.2) is 0 Å². The Bertz CT molecular complexity index is 317. The summed E-state index contributed by atoms with van der Waals surface area (Å²) in [6.45, 7) is 8.85. The van der Waals surface area contributed by atoms with Gasteiger partial charge in [0, 0.05) is 0 Å². The van der Waals surface area contributed by atoms with Crippen LogP contribution < -0.4 is 0 Å². The molecular formula is C16H28O6. The van der Waals surface area contributed by atoms with Crippen molar-refractivity contribution in [3.05, 3.63) is 12.2 Å². The van der Waals surface area contributed by atoms with E-state index in [1.165, 1.54) is 0 Å². The molecule has 22 heavy (non-hydrogen) atoms. The van der Waals surface area contributed by atoms with Crippen LogP contribution in [0.5, 0.6) is 0 Å². The minimum absolute atomic E-state index is 0.190. The molecule has 1 aliphatic heterocycles. The summed E-state index contributed by atoms with van der Waals surface area (Å²) >= 11 is 0. The molecule has 0 N–H and O–H groups in total. The largest absolute Gasteiger partial charge is 0.433 e. The van der Waals surface area contributed by atoms with Crippen LogP contribution in [0.3, 0.4) is 0 Å². The number of rotatable bonds is 4. The van der Waals surface area contributed by atoms with Gasteiger partial charge in [-0.3, -0.25) is 4.79 Å². The first-order valence-electron chi connectivity index (χ1n) is 7.83. The summed E-state index contributed by atoms with van der Waals surface area (Å²) in [6, 6.07) is 0. The molecule has 1 aliphatic rings. The minimum atomic E-state index is -0.717. The van der Waals surface area contributed by atoms with Crippen LogP contribution in [-0.4, -0.2) is 58.5 Å². The van der Waals surface area contributed by atoms with Crippen LogP contribution in [0, 0.1) is 11.8 Å². The summed E-state index contributed by atoms with van der Waals surface area (Å²) in [6.07, 6.45) is 3.11. The molecule has 0 spiro atoms. The van der Waals surface area contributed by atoms with Crippen LogP contribution in [0.1, 0.15) is 20.8 Å². The standard InChI is InChI=1S/C16H28O6/c1-13(2)4-5-14(3)16(17)22-15-12-20-9-8-18-6-7-19-10-11-21-15/h4-5,13-15H,6-12H2,1-3H3/b5-4-. The molecule has 6 heteroatoms. The van der Waals surface area contributed by atoms with Crippen LogP contribution in [0.15, 0.2) is 12.2 Å². The third-order valence-electron chi connectivity index (χ3n) is 2.93. The Morgan fingerprint density at radius 2 is 1.55 bits per heavy atom. The second-order valence-corrected chi connectivity index (χ2v) is 5.45. The van der Waals surface area contributed by atoms with E-state index in [0.717, 1.165) is 0 Å². The summed E-state index contributed by atoms with van der Waals surface area (Å²) in [5, 5.41) is 0. The number of hydrogen-bond acceptors (Lipinski definition) is 6. The van der Waals surface area contributed by atoms with Crippen molar-refractivity contribution in [2.45, 2.75) is 27.1 Å². The predicted octanol–water partition coefficient (Wildman–Crippen LogP) is 1.78. The average Bonchev–Trinajstić information content (AvgIpc) is 2.47. The zero-order valence-corrected chi connectivity index (χ0v) is 13.8. The van der Waals surface area contributed by atoms with Gasteiger partial charge in [0.05, 0.1) is 45.6 Å². The normalized spacial score (nSPS) is 23.7. The highest BCUT2D eigenvalue weighted by Crippen LogP contribution is 2.08. The van der Waals surface area contributed by atoms with Gasteiger partial charge in [0.2, 0.25) is 6.29 Å². The molecule has 0 amide bonds. The van der Waals surface area contributed by atoms with Crippen molar-refractivity contribution in [3.8, 4) is 0 Å². The molecule has 0 aromatic heterocycles. The molecular weight excluding hydrogens is 288 g/mol. The van der Waals surface area contributed by atoms with Gasteiger partial charge in [0.1, 0.15) is 6.61 Å². The summed E-state index contributed by atoms with van der Waals surface area (Å²) < 4.78 is 26.9. The Kier molecular flexibility index (Phi) is 10.1. The first-order valence-corrected chi connectivity index (χ1v) is 7.83. The maximum Gasteiger partial charge on any atom is 0.314 e. The molecule has 1 heterocycles. The molecule has 0 bridgehead atoms. The minimum Gasteiger partial charge on any atom is -0.433 e. The predicted molar refractivity (Wildman–Crippen MR) is 81.4 cm³/mol. The van der Waals surface area contributed by atoms with Crippen molar-refractivity contribution in [1.82, 2.24) is 0 Å². The van der Waals surface area contributed by atoms with Crippen LogP contribution in [0.25, 0.3) is 0 Å². The Labute approximate surface area is 132 Å². The highest BCUT2D eigenvalue weighted by Gasteiger charge is 2.19. The Balaban J connectivity index is 2.42. The topological polar surface area (TPSA) is 63.2 Å². The van der Waals surface area contributed by atoms with E-state index >= 15 is 0 Å². The number of carbonyl (C=O) groups is 1. The molecule has 2 atom stereocenters. The first kappa shape index (κ1) is 19.1. The smallest absolute Gasteiger partial charge is 0.314 e. The maximum absolute atomic E-state index is 12.0. The number of carbonyl (C=O) groups excluding carboxylic acids is 1. The molecule has 0 aromatic carbocycles. The zero-order valence-electron chi connectivity index (χ0n) is 13.8. The third-order valence-corrected chi connectivity index (χ3v) is 2.93. The van der Waals surface area contributed by atoms with Crippen LogP contribution in [0.2, 0.25) is 0 Å². The van der Waals surface area contributed by atoms with Crippen molar-refractivity contribution in [3.63, 3.8) is 0 Å². The fourth-order valence-electron chi connectivity index (χ4n) is 1.68. The van der Waals surface area contributed by atoms with Gasteiger partial charge in [0.25, 0.3) is 0 Å². The molecule has 0 saturated carbocycles. The van der Waals surface area contributed by atoms with Crippen molar-refractivity contribution in [2.24, 2.45) is 11.8 Å². The lowest BCUT2D eigenvalue weighted by molar-refractivity contribution is -0.198. The molecule has 128 valence electrons. The van der Waals surface area contributed by atoms with Crippen LogP contribution in [0.4, 0.5) is 0 Å². The Morgan fingerprint density at radius 3 is 2.18 bits per heavy atom. The van der Waals surface area contributed by atoms with E-state index in [2.05, 4.69) is 13.8 Å². The van der Waals surface area contributed by atoms with Crippen LogP contribution >= 0.6 is 0 Å². The van der Waals surface area contributed by atoms with Crippen molar-refractivity contribution < 1.29 is 28.5 Å². The monoisotopic (exact) mass is 316 g/mol. The average molecular weight is 316 g/mol. The maximum atomic E-state index is 12.0. The second-order valence-electron chi connectivity index (χ2n) is 5.45. The van der Waals surface area contributed by atoms with Gasteiger partial charge in [0.15, 0.2) is 0 Å². The summed E-state index contributed by atoms with van der Waals surface area (Å²) in [5.74, 6) is -0.241. The number of allylic oxidation sites excluding steroid dienone is 1. The SMILES string of the molecule is CC(C)/C=C\C(C)C(=O)OC1COCCOCCOCCO1. The molecule has 1 fully saturated rings. The summed E-state index contributed by atoms with van der Waals surface area (Å²) in [5.41, 5.74) is 0. The lowest BCUT2D eigenvalue weighted by Crippen LogP contribution is -2.31. The van der Waals surface area contributed by atoms with Gasteiger partial charge in [-0.1, -0.05) is 26.0 Å².